The maximum Gasteiger partial charge on any atom is 0.274 e. The Labute approximate surface area is 179 Å². The Morgan fingerprint density at radius 3 is 2.74 bits per heavy atom. The first-order valence-corrected chi connectivity index (χ1v) is 10.0. The fourth-order valence-corrected chi connectivity index (χ4v) is 3.68. The molecule has 4 aromatic rings. The predicted octanol–water partition coefficient (Wildman–Crippen LogP) is 3.90. The number of anilines is 1. The second kappa shape index (κ2) is 8.48. The van der Waals surface area contributed by atoms with Crippen molar-refractivity contribution in [1.29, 1.82) is 0 Å². The number of rotatable bonds is 6. The van der Waals surface area contributed by atoms with E-state index in [-0.39, 0.29) is 23.2 Å². The molecule has 0 spiro atoms. The van der Waals surface area contributed by atoms with E-state index in [4.69, 9.17) is 0 Å². The number of carbonyl (C=O) groups excluding carboxylic acids is 1. The molecule has 1 amide bonds. The van der Waals surface area contributed by atoms with Gasteiger partial charge in [0.05, 0.1) is 27.9 Å². The number of nitro groups is 1. The normalized spacial score (nSPS) is 10.9. The number of benzene rings is 2. The van der Waals surface area contributed by atoms with E-state index in [0.717, 1.165) is 0 Å². The van der Waals surface area contributed by atoms with Crippen LogP contribution in [0.4, 0.5) is 15.8 Å². The van der Waals surface area contributed by atoms with Crippen molar-refractivity contribution in [2.75, 3.05) is 11.1 Å². The summed E-state index contributed by atoms with van der Waals surface area (Å²) in [4.78, 5) is 31.4. The molecule has 0 bridgehead atoms. The average molecular weight is 438 g/mol. The second-order valence-corrected chi connectivity index (χ2v) is 7.51. The lowest BCUT2D eigenvalue weighted by molar-refractivity contribution is -0.385. The number of hydrogen-bond donors (Lipinski definition) is 1. The van der Waals surface area contributed by atoms with Crippen molar-refractivity contribution in [3.05, 3.63) is 76.5 Å². The number of thioether (sulfide) groups is 1. The predicted molar refractivity (Wildman–Crippen MR) is 114 cm³/mol. The van der Waals surface area contributed by atoms with Gasteiger partial charge in [-0.1, -0.05) is 17.8 Å². The summed E-state index contributed by atoms with van der Waals surface area (Å²) in [5.41, 5.74) is 1.97. The molecule has 0 aliphatic rings. The largest absolute Gasteiger partial charge is 0.325 e. The van der Waals surface area contributed by atoms with Gasteiger partial charge in [-0.05, 0) is 37.3 Å². The molecular weight excluding hydrogens is 423 g/mol. The molecule has 2 heterocycles. The zero-order chi connectivity index (χ0) is 22.0. The summed E-state index contributed by atoms with van der Waals surface area (Å²) in [5.74, 6) is -0.646. The minimum Gasteiger partial charge on any atom is -0.325 e. The lowest BCUT2D eigenvalue weighted by atomic mass is 10.2. The Kier molecular flexibility index (Phi) is 5.58. The lowest BCUT2D eigenvalue weighted by Gasteiger charge is -2.07. The van der Waals surface area contributed by atoms with Crippen LogP contribution in [0.3, 0.4) is 0 Å². The summed E-state index contributed by atoms with van der Waals surface area (Å²) in [6.45, 7) is 1.63. The molecule has 0 unspecified atom stereocenters. The fourth-order valence-electron chi connectivity index (χ4n) is 2.92. The number of hydrogen-bond acceptors (Lipinski definition) is 7. The number of aryl methyl sites for hydroxylation is 1. The maximum atomic E-state index is 13.2. The van der Waals surface area contributed by atoms with E-state index in [1.165, 1.54) is 36.3 Å². The average Bonchev–Trinajstić information content (AvgIpc) is 3.19. The number of nitrogens with one attached hydrogen (secondary N) is 1. The molecule has 9 nitrogen and oxygen atoms in total. The molecule has 0 saturated heterocycles. The topological polar surface area (TPSA) is 116 Å². The van der Waals surface area contributed by atoms with Gasteiger partial charge in [0.15, 0.2) is 5.65 Å². The van der Waals surface area contributed by atoms with E-state index in [9.17, 15) is 19.3 Å². The van der Waals surface area contributed by atoms with Crippen LogP contribution < -0.4 is 5.32 Å². The molecule has 2 aromatic heterocycles. The first kappa shape index (κ1) is 20.4. The van der Waals surface area contributed by atoms with Crippen molar-refractivity contribution in [1.82, 2.24) is 19.7 Å². The summed E-state index contributed by atoms with van der Waals surface area (Å²) >= 11 is 1.19. The van der Waals surface area contributed by atoms with Gasteiger partial charge in [-0.3, -0.25) is 14.9 Å². The van der Waals surface area contributed by atoms with Gasteiger partial charge in [-0.15, -0.1) is 0 Å². The van der Waals surface area contributed by atoms with Crippen LogP contribution in [0.5, 0.6) is 0 Å². The molecule has 0 atom stereocenters. The molecule has 0 fully saturated rings. The highest BCUT2D eigenvalue weighted by Gasteiger charge is 2.15. The van der Waals surface area contributed by atoms with E-state index < -0.39 is 4.92 Å². The van der Waals surface area contributed by atoms with Crippen LogP contribution in [0, 0.1) is 22.9 Å². The maximum absolute atomic E-state index is 13.2. The van der Waals surface area contributed by atoms with Crippen LogP contribution in [0.1, 0.15) is 5.56 Å². The number of halogens is 1. The molecule has 1 N–H and O–H groups in total. The summed E-state index contributed by atoms with van der Waals surface area (Å²) in [7, 11) is 0. The fraction of sp³-hybridized carbons (Fsp3) is 0.100. The zero-order valence-corrected chi connectivity index (χ0v) is 17.0. The molecule has 0 radical (unpaired) electrons. The van der Waals surface area contributed by atoms with Crippen LogP contribution in [0.15, 0.2) is 60.0 Å². The van der Waals surface area contributed by atoms with Gasteiger partial charge in [0.25, 0.3) is 5.69 Å². The lowest BCUT2D eigenvalue weighted by Crippen LogP contribution is -2.14. The summed E-state index contributed by atoms with van der Waals surface area (Å²) < 4.78 is 14.8. The van der Waals surface area contributed by atoms with Crippen molar-refractivity contribution in [2.24, 2.45) is 0 Å². The van der Waals surface area contributed by atoms with Crippen molar-refractivity contribution >= 4 is 40.1 Å². The highest BCUT2D eigenvalue weighted by atomic mass is 32.2. The number of nitrogens with zero attached hydrogens (tertiary/aromatic N) is 5. The molecule has 0 aliphatic carbocycles. The Morgan fingerprint density at radius 1 is 1.23 bits per heavy atom. The quantitative estimate of drug-likeness (QED) is 0.210. The zero-order valence-electron chi connectivity index (χ0n) is 16.2. The van der Waals surface area contributed by atoms with Crippen LogP contribution in [0.2, 0.25) is 0 Å². The smallest absolute Gasteiger partial charge is 0.274 e. The van der Waals surface area contributed by atoms with E-state index in [0.29, 0.717) is 33.0 Å². The Balaban J connectivity index is 1.49. The summed E-state index contributed by atoms with van der Waals surface area (Å²) in [5, 5.41) is 19.2. The second-order valence-electron chi connectivity index (χ2n) is 6.54. The van der Waals surface area contributed by atoms with E-state index in [1.54, 1.807) is 42.1 Å². The first-order valence-electron chi connectivity index (χ1n) is 9.05. The Bertz CT molecular complexity index is 1290. The van der Waals surface area contributed by atoms with Crippen molar-refractivity contribution in [3.63, 3.8) is 0 Å². The third kappa shape index (κ3) is 4.36. The standard InChI is InChI=1S/C20H15FN6O3S/c1-12-2-5-14(8-17(12)27(29)30)25-18(28)10-31-20-16-9-24-26(19(16)22-11-23-20)15-6-3-13(21)4-7-15/h2-9,11H,10H2,1H3,(H,25,28). The van der Waals surface area contributed by atoms with E-state index in [2.05, 4.69) is 20.4 Å². The minimum atomic E-state index is -0.490. The minimum absolute atomic E-state index is 0.0372. The third-order valence-corrected chi connectivity index (χ3v) is 5.44. The van der Waals surface area contributed by atoms with Crippen LogP contribution in [-0.2, 0) is 4.79 Å². The van der Waals surface area contributed by atoms with E-state index >= 15 is 0 Å². The first-order chi connectivity index (χ1) is 14.9. The van der Waals surface area contributed by atoms with Crippen molar-refractivity contribution in [2.45, 2.75) is 11.9 Å². The number of carbonyl (C=O) groups is 1. The summed E-state index contributed by atoms with van der Waals surface area (Å²) in [6, 6.07) is 10.4. The Morgan fingerprint density at radius 2 is 2.00 bits per heavy atom. The number of amides is 1. The van der Waals surface area contributed by atoms with Crippen LogP contribution in [0.25, 0.3) is 16.7 Å². The molecule has 4 rings (SSSR count). The van der Waals surface area contributed by atoms with E-state index in [1.807, 2.05) is 0 Å². The molecular formula is C20H15FN6O3S. The number of nitro benzene ring substituents is 1. The van der Waals surface area contributed by atoms with Crippen LogP contribution in [-0.4, -0.2) is 36.3 Å². The Hall–Kier alpha value is -3.86. The van der Waals surface area contributed by atoms with Crippen molar-refractivity contribution < 1.29 is 14.1 Å². The van der Waals surface area contributed by atoms with Gasteiger partial charge in [-0.2, -0.15) is 5.10 Å². The molecule has 0 aliphatic heterocycles. The van der Waals surface area contributed by atoms with Crippen molar-refractivity contribution in [3.8, 4) is 5.69 Å². The highest BCUT2D eigenvalue weighted by molar-refractivity contribution is 8.00. The SMILES string of the molecule is Cc1ccc(NC(=O)CSc2ncnc3c2cnn3-c2ccc(F)cc2)cc1[N+](=O)[O-]. The van der Waals surface area contributed by atoms with Gasteiger partial charge in [0, 0.05) is 17.3 Å². The monoisotopic (exact) mass is 438 g/mol. The van der Waals surface area contributed by atoms with Gasteiger partial charge in [0.2, 0.25) is 5.91 Å². The van der Waals surface area contributed by atoms with Crippen LogP contribution >= 0.6 is 11.8 Å². The van der Waals surface area contributed by atoms with Gasteiger partial charge in [0.1, 0.15) is 17.2 Å². The van der Waals surface area contributed by atoms with Gasteiger partial charge < -0.3 is 5.32 Å². The number of aromatic nitrogens is 4. The van der Waals surface area contributed by atoms with Gasteiger partial charge in [-0.25, -0.2) is 19.0 Å². The molecule has 2 aromatic carbocycles. The number of fused-ring (bicyclic) bond motifs is 1. The highest BCUT2D eigenvalue weighted by Crippen LogP contribution is 2.27. The molecule has 156 valence electrons. The molecule has 11 heteroatoms. The molecule has 31 heavy (non-hydrogen) atoms. The summed E-state index contributed by atoms with van der Waals surface area (Å²) in [6.07, 6.45) is 2.95. The molecule has 0 saturated carbocycles. The third-order valence-electron chi connectivity index (χ3n) is 4.43. The van der Waals surface area contributed by atoms with Gasteiger partial charge >= 0.3 is 0 Å².